The van der Waals surface area contributed by atoms with Crippen LogP contribution >= 0.6 is 11.8 Å². The van der Waals surface area contributed by atoms with Gasteiger partial charge in [-0.15, -0.1) is 11.8 Å². The lowest BCUT2D eigenvalue weighted by Crippen LogP contribution is -2.27. The van der Waals surface area contributed by atoms with E-state index in [1.807, 2.05) is 6.07 Å². The van der Waals surface area contributed by atoms with Crippen molar-refractivity contribution in [3.8, 4) is 0 Å². The Morgan fingerprint density at radius 3 is 2.40 bits per heavy atom. The van der Waals surface area contributed by atoms with Gasteiger partial charge in [0.25, 0.3) is 0 Å². The fourth-order valence-electron chi connectivity index (χ4n) is 2.04. The second-order valence-corrected chi connectivity index (χ2v) is 5.62. The van der Waals surface area contributed by atoms with Crippen molar-refractivity contribution < 1.29 is 5.11 Å². The number of aliphatic hydroxyl groups is 1. The van der Waals surface area contributed by atoms with E-state index >= 15 is 0 Å². The summed E-state index contributed by atoms with van der Waals surface area (Å²) in [7, 11) is 0. The van der Waals surface area contributed by atoms with Crippen LogP contribution in [0.25, 0.3) is 0 Å². The molecule has 0 bridgehead atoms. The van der Waals surface area contributed by atoms with Crippen molar-refractivity contribution >= 4 is 11.8 Å². The summed E-state index contributed by atoms with van der Waals surface area (Å²) in [5, 5.41) is 10.3. The Kier molecular flexibility index (Phi) is 3.71. The minimum absolute atomic E-state index is 0.450. The van der Waals surface area contributed by atoms with Crippen molar-refractivity contribution in [2.24, 2.45) is 0 Å². The zero-order chi connectivity index (χ0) is 10.6. The number of rotatable bonds is 3. The topological polar surface area (TPSA) is 20.2 Å². The van der Waals surface area contributed by atoms with E-state index in [4.69, 9.17) is 0 Å². The second-order valence-electron chi connectivity index (χ2n) is 4.28. The van der Waals surface area contributed by atoms with Crippen LogP contribution in [0.5, 0.6) is 0 Å². The number of thioether (sulfide) groups is 1. The first-order chi connectivity index (χ1) is 7.29. The van der Waals surface area contributed by atoms with Crippen molar-refractivity contribution in [1.82, 2.24) is 0 Å². The van der Waals surface area contributed by atoms with Gasteiger partial charge in [0.15, 0.2) is 0 Å². The molecule has 0 spiro atoms. The van der Waals surface area contributed by atoms with Crippen LogP contribution in [-0.4, -0.2) is 10.0 Å². The Morgan fingerprint density at radius 1 is 1.07 bits per heavy atom. The maximum Gasteiger partial charge on any atom is 0.110 e. The first-order valence-electron chi connectivity index (χ1n) is 5.69. The van der Waals surface area contributed by atoms with Crippen molar-refractivity contribution in [2.45, 2.75) is 42.8 Å². The summed E-state index contributed by atoms with van der Waals surface area (Å²) < 4.78 is 0. The van der Waals surface area contributed by atoms with Crippen LogP contribution in [0.4, 0.5) is 0 Å². The molecule has 0 heterocycles. The summed E-state index contributed by atoms with van der Waals surface area (Å²) in [6.07, 6.45) is 5.57. The summed E-state index contributed by atoms with van der Waals surface area (Å²) >= 11 is 1.71. The predicted octanol–water partition coefficient (Wildman–Crippen LogP) is 3.57. The molecular weight excluding hydrogens is 204 g/mol. The molecule has 0 unspecified atom stereocenters. The van der Waals surface area contributed by atoms with Gasteiger partial charge in [0.05, 0.1) is 0 Å². The molecule has 15 heavy (non-hydrogen) atoms. The minimum Gasteiger partial charge on any atom is -0.380 e. The molecule has 0 aromatic heterocycles. The highest BCUT2D eigenvalue weighted by molar-refractivity contribution is 7.99. The number of hydrogen-bond acceptors (Lipinski definition) is 2. The van der Waals surface area contributed by atoms with Crippen LogP contribution in [0.3, 0.4) is 0 Å². The van der Waals surface area contributed by atoms with E-state index in [0.717, 1.165) is 18.6 Å². The van der Waals surface area contributed by atoms with E-state index < -0.39 is 4.93 Å². The third-order valence-corrected chi connectivity index (χ3v) is 4.41. The molecular formula is C13H18OS. The monoisotopic (exact) mass is 222 g/mol. The first-order valence-corrected chi connectivity index (χ1v) is 6.67. The average Bonchev–Trinajstić information content (AvgIpc) is 2.29. The van der Waals surface area contributed by atoms with Crippen LogP contribution in [0.2, 0.25) is 0 Å². The summed E-state index contributed by atoms with van der Waals surface area (Å²) in [4.78, 5) is -0.450. The Morgan fingerprint density at radius 2 is 1.73 bits per heavy atom. The Bertz CT molecular complexity index is 291. The van der Waals surface area contributed by atoms with Crippen molar-refractivity contribution in [2.75, 3.05) is 0 Å². The van der Waals surface area contributed by atoms with Crippen molar-refractivity contribution in [1.29, 1.82) is 0 Å². The maximum atomic E-state index is 10.3. The fourth-order valence-corrected chi connectivity index (χ4v) is 3.25. The molecule has 1 aliphatic rings. The highest BCUT2D eigenvalue weighted by Gasteiger charge is 2.29. The molecule has 1 N–H and O–H groups in total. The highest BCUT2D eigenvalue weighted by atomic mass is 32.2. The molecule has 82 valence electrons. The van der Waals surface area contributed by atoms with Crippen LogP contribution < -0.4 is 0 Å². The first kappa shape index (κ1) is 11.0. The molecule has 2 heteroatoms. The van der Waals surface area contributed by atoms with E-state index in [2.05, 4.69) is 24.3 Å². The van der Waals surface area contributed by atoms with E-state index in [0.29, 0.717) is 0 Å². The van der Waals surface area contributed by atoms with Crippen molar-refractivity contribution in [3.63, 3.8) is 0 Å². The van der Waals surface area contributed by atoms with Gasteiger partial charge in [-0.05, 0) is 31.2 Å². The third-order valence-electron chi connectivity index (χ3n) is 2.99. The molecule has 1 aliphatic carbocycles. The summed E-state index contributed by atoms with van der Waals surface area (Å²) in [6.45, 7) is 0. The van der Waals surface area contributed by atoms with Gasteiger partial charge >= 0.3 is 0 Å². The molecule has 0 atom stereocenters. The number of benzene rings is 1. The van der Waals surface area contributed by atoms with Crippen LogP contribution in [-0.2, 0) is 5.75 Å². The predicted molar refractivity (Wildman–Crippen MR) is 65.8 cm³/mol. The van der Waals surface area contributed by atoms with Crippen LogP contribution in [0.1, 0.15) is 37.7 Å². The molecule has 1 aromatic rings. The van der Waals surface area contributed by atoms with Gasteiger partial charge in [-0.2, -0.15) is 0 Å². The Balaban J connectivity index is 1.87. The molecule has 0 radical (unpaired) electrons. The van der Waals surface area contributed by atoms with Gasteiger partial charge in [0, 0.05) is 5.75 Å². The normalized spacial score (nSPS) is 20.1. The largest absolute Gasteiger partial charge is 0.380 e. The molecule has 1 saturated carbocycles. The molecule has 1 aromatic carbocycles. The van der Waals surface area contributed by atoms with Gasteiger partial charge < -0.3 is 5.11 Å². The van der Waals surface area contributed by atoms with E-state index in [9.17, 15) is 5.11 Å². The fraction of sp³-hybridized carbons (Fsp3) is 0.538. The maximum absolute atomic E-state index is 10.3. The molecule has 2 rings (SSSR count). The zero-order valence-corrected chi connectivity index (χ0v) is 9.80. The van der Waals surface area contributed by atoms with E-state index in [-0.39, 0.29) is 0 Å². The lowest BCUT2D eigenvalue weighted by Gasteiger charge is -2.31. The second kappa shape index (κ2) is 5.04. The summed E-state index contributed by atoms with van der Waals surface area (Å²) in [6, 6.07) is 10.4. The highest BCUT2D eigenvalue weighted by Crippen LogP contribution is 2.38. The minimum atomic E-state index is -0.450. The molecule has 0 saturated heterocycles. The standard InChI is InChI=1S/C13H18OS/c14-13(9-5-2-6-10-13)15-11-12-7-3-1-4-8-12/h1,3-4,7-8,14H,2,5-6,9-11H2. The molecule has 0 amide bonds. The molecule has 0 aliphatic heterocycles. The van der Waals surface area contributed by atoms with Crippen LogP contribution in [0.15, 0.2) is 30.3 Å². The third kappa shape index (κ3) is 3.25. The van der Waals surface area contributed by atoms with Crippen molar-refractivity contribution in [3.05, 3.63) is 35.9 Å². The summed E-state index contributed by atoms with van der Waals surface area (Å²) in [5.41, 5.74) is 1.31. The van der Waals surface area contributed by atoms with E-state index in [1.165, 1.54) is 24.8 Å². The van der Waals surface area contributed by atoms with Gasteiger partial charge in [-0.25, -0.2) is 0 Å². The molecule has 1 nitrogen and oxygen atoms in total. The van der Waals surface area contributed by atoms with E-state index in [1.54, 1.807) is 11.8 Å². The number of hydrogen-bond donors (Lipinski definition) is 1. The zero-order valence-electron chi connectivity index (χ0n) is 8.98. The van der Waals surface area contributed by atoms with Gasteiger partial charge in [-0.3, -0.25) is 0 Å². The summed E-state index contributed by atoms with van der Waals surface area (Å²) in [5.74, 6) is 0.928. The molecule has 1 fully saturated rings. The lowest BCUT2D eigenvalue weighted by molar-refractivity contribution is 0.0945. The lowest BCUT2D eigenvalue weighted by atomic mass is 9.97. The van der Waals surface area contributed by atoms with Gasteiger partial charge in [-0.1, -0.05) is 36.8 Å². The van der Waals surface area contributed by atoms with Crippen LogP contribution in [0, 0.1) is 0 Å². The van der Waals surface area contributed by atoms with Gasteiger partial charge in [0.2, 0.25) is 0 Å². The Labute approximate surface area is 95.9 Å². The average molecular weight is 222 g/mol. The quantitative estimate of drug-likeness (QED) is 0.789. The SMILES string of the molecule is OC1(SCc2ccccc2)CCCCC1. The Hall–Kier alpha value is -0.470. The smallest absolute Gasteiger partial charge is 0.110 e. The van der Waals surface area contributed by atoms with Gasteiger partial charge in [0.1, 0.15) is 4.93 Å².